The van der Waals surface area contributed by atoms with Crippen molar-refractivity contribution in [2.75, 3.05) is 13.1 Å². The summed E-state index contributed by atoms with van der Waals surface area (Å²) in [5.74, 6) is 0. The van der Waals surface area contributed by atoms with Gasteiger partial charge in [0, 0.05) is 0 Å². The molecule has 0 aromatic carbocycles. The van der Waals surface area contributed by atoms with Gasteiger partial charge in [-0.1, -0.05) is 0 Å². The molecule has 0 aliphatic carbocycles. The Bertz CT molecular complexity index is 188. The van der Waals surface area contributed by atoms with Gasteiger partial charge >= 0.3 is 36.1 Å². The molecule has 1 amide bonds. The SMILES string of the molecule is CC(C)(C)OC(=O)N1CC[CH-]CC1.[Zn+][Br]. The van der Waals surface area contributed by atoms with Gasteiger partial charge in [-0.2, -0.15) is 12.8 Å². The van der Waals surface area contributed by atoms with E-state index in [4.69, 9.17) is 4.74 Å². The number of halogens is 1. The van der Waals surface area contributed by atoms with E-state index in [0.29, 0.717) is 0 Å². The summed E-state index contributed by atoms with van der Waals surface area (Å²) in [5.41, 5.74) is -0.377. The number of amides is 1. The van der Waals surface area contributed by atoms with Crippen LogP contribution in [0.4, 0.5) is 4.79 Å². The average Bonchev–Trinajstić information content (AvgIpc) is 2.20. The Morgan fingerprint density at radius 3 is 2.20 bits per heavy atom. The van der Waals surface area contributed by atoms with Gasteiger partial charge in [-0.25, -0.2) is 4.79 Å². The molecule has 0 saturated carbocycles. The first-order valence-electron chi connectivity index (χ1n) is 5.05. The van der Waals surface area contributed by atoms with Crippen molar-refractivity contribution in [3.05, 3.63) is 6.42 Å². The Balaban J connectivity index is 0.000000921. The van der Waals surface area contributed by atoms with Crippen LogP contribution in [0, 0.1) is 6.42 Å². The third-order valence-electron chi connectivity index (χ3n) is 1.86. The van der Waals surface area contributed by atoms with E-state index in [1.807, 2.05) is 20.8 Å². The van der Waals surface area contributed by atoms with Crippen molar-refractivity contribution in [2.24, 2.45) is 0 Å². The Morgan fingerprint density at radius 1 is 1.33 bits per heavy atom. The van der Waals surface area contributed by atoms with E-state index in [1.54, 1.807) is 4.90 Å². The fourth-order valence-corrected chi connectivity index (χ4v) is 1.26. The molecule has 1 aliphatic heterocycles. The van der Waals surface area contributed by atoms with Gasteiger partial charge in [0.05, 0.1) is 0 Å². The maximum atomic E-state index is 11.5. The van der Waals surface area contributed by atoms with Gasteiger partial charge in [-0.05, 0) is 33.9 Å². The van der Waals surface area contributed by atoms with Crippen LogP contribution in [0.15, 0.2) is 0 Å². The Kier molecular flexibility index (Phi) is 7.80. The first-order valence-corrected chi connectivity index (χ1v) is 12.0. The molecule has 1 aliphatic rings. The standard InChI is InChI=1S/C10H18NO2.BrH.Zn/c1-10(2,3)13-9(12)11-7-5-4-6-8-11;;/h4H,5-8H2,1-3H3;1H;/q-1;;+2/p-1. The van der Waals surface area contributed by atoms with Crippen molar-refractivity contribution in [1.82, 2.24) is 4.90 Å². The number of hydrogen-bond donors (Lipinski definition) is 0. The van der Waals surface area contributed by atoms with Gasteiger partial charge in [-0.15, -0.1) is 0 Å². The molecule has 1 saturated heterocycles. The summed E-state index contributed by atoms with van der Waals surface area (Å²) >= 11 is 4.25. The summed E-state index contributed by atoms with van der Waals surface area (Å²) in [6, 6.07) is 0. The molecule has 0 aromatic rings. The molecule has 0 atom stereocenters. The number of carbonyl (C=O) groups excluding carboxylic acids is 1. The molecule has 1 heterocycles. The van der Waals surface area contributed by atoms with Crippen molar-refractivity contribution in [2.45, 2.75) is 39.2 Å². The molecule has 84 valence electrons. The summed E-state index contributed by atoms with van der Waals surface area (Å²) in [5, 5.41) is 0. The van der Waals surface area contributed by atoms with E-state index in [0.717, 1.165) is 25.9 Å². The monoisotopic (exact) mass is 327 g/mol. The molecule has 15 heavy (non-hydrogen) atoms. The van der Waals surface area contributed by atoms with Gasteiger partial charge in [0.25, 0.3) is 0 Å². The number of rotatable bonds is 0. The third kappa shape index (κ3) is 7.29. The summed E-state index contributed by atoms with van der Waals surface area (Å²) in [7, 11) is 0. The summed E-state index contributed by atoms with van der Waals surface area (Å²) in [6.07, 6.45) is 4.00. The van der Waals surface area contributed by atoms with E-state index >= 15 is 0 Å². The number of carbonyl (C=O) groups is 1. The van der Waals surface area contributed by atoms with Crippen LogP contribution < -0.4 is 0 Å². The summed E-state index contributed by atoms with van der Waals surface area (Å²) < 4.78 is 5.25. The van der Waals surface area contributed by atoms with Gasteiger partial charge in [0.1, 0.15) is 5.60 Å². The Labute approximate surface area is 109 Å². The molecular formula is C10H18BrNO2Zn. The van der Waals surface area contributed by atoms with E-state index < -0.39 is 0 Å². The van der Waals surface area contributed by atoms with Crippen molar-refractivity contribution in [1.29, 1.82) is 0 Å². The minimum atomic E-state index is -0.377. The van der Waals surface area contributed by atoms with Crippen molar-refractivity contribution >= 4 is 19.7 Å². The molecule has 0 unspecified atom stereocenters. The summed E-state index contributed by atoms with van der Waals surface area (Å²) in [6.45, 7) is 7.27. The molecule has 5 heteroatoms. The van der Waals surface area contributed by atoms with Gasteiger partial charge in [0.2, 0.25) is 0 Å². The van der Waals surface area contributed by atoms with Crippen molar-refractivity contribution in [3.63, 3.8) is 0 Å². The second-order valence-electron chi connectivity index (χ2n) is 4.33. The molecular weight excluding hydrogens is 311 g/mol. The van der Waals surface area contributed by atoms with Gasteiger partial charge < -0.3 is 16.1 Å². The third-order valence-corrected chi connectivity index (χ3v) is 1.86. The molecule has 0 N–H and O–H groups in total. The first-order chi connectivity index (χ1) is 6.99. The van der Waals surface area contributed by atoms with Crippen LogP contribution in [0.5, 0.6) is 0 Å². The van der Waals surface area contributed by atoms with Crippen LogP contribution in [0.25, 0.3) is 0 Å². The van der Waals surface area contributed by atoms with E-state index in [-0.39, 0.29) is 11.7 Å². The Morgan fingerprint density at radius 2 is 1.80 bits per heavy atom. The molecule has 0 bridgehead atoms. The van der Waals surface area contributed by atoms with Crippen LogP contribution in [-0.4, -0.2) is 29.7 Å². The van der Waals surface area contributed by atoms with Crippen LogP contribution in [-0.2, 0) is 21.1 Å². The predicted octanol–water partition coefficient (Wildman–Crippen LogP) is 3.06. The van der Waals surface area contributed by atoms with Crippen LogP contribution in [0.1, 0.15) is 33.6 Å². The topological polar surface area (TPSA) is 29.5 Å². The molecule has 1 fully saturated rings. The molecule has 1 rings (SSSR count). The minimum absolute atomic E-state index is 0.180. The predicted molar refractivity (Wildman–Crippen MR) is 60.3 cm³/mol. The van der Waals surface area contributed by atoms with Crippen LogP contribution in [0.2, 0.25) is 0 Å². The number of piperidine rings is 1. The number of likely N-dealkylation sites (tertiary alicyclic amines) is 1. The summed E-state index contributed by atoms with van der Waals surface area (Å²) in [4.78, 5) is 13.3. The van der Waals surface area contributed by atoms with Crippen molar-refractivity contribution < 1.29 is 25.9 Å². The van der Waals surface area contributed by atoms with Crippen LogP contribution >= 0.6 is 13.6 Å². The number of ether oxygens (including phenoxy) is 1. The normalized spacial score (nSPS) is 16.5. The first kappa shape index (κ1) is 15.4. The van der Waals surface area contributed by atoms with E-state index in [2.05, 4.69) is 20.0 Å². The quantitative estimate of drug-likeness (QED) is 0.505. The molecule has 0 aromatic heterocycles. The maximum absolute atomic E-state index is 11.5. The fourth-order valence-electron chi connectivity index (χ4n) is 1.26. The zero-order valence-electron chi connectivity index (χ0n) is 9.75. The van der Waals surface area contributed by atoms with Gasteiger partial charge in [0.15, 0.2) is 0 Å². The number of hydrogen-bond acceptors (Lipinski definition) is 2. The average molecular weight is 330 g/mol. The van der Waals surface area contributed by atoms with E-state index in [1.165, 1.54) is 16.3 Å². The zero-order valence-corrected chi connectivity index (χ0v) is 14.3. The second-order valence-corrected chi connectivity index (χ2v) is 4.33. The molecule has 0 radical (unpaired) electrons. The van der Waals surface area contributed by atoms with Crippen molar-refractivity contribution in [3.8, 4) is 0 Å². The van der Waals surface area contributed by atoms with Gasteiger partial charge in [-0.3, -0.25) is 0 Å². The number of nitrogens with zero attached hydrogens (tertiary/aromatic N) is 1. The molecule has 3 nitrogen and oxygen atoms in total. The molecule has 0 spiro atoms. The fraction of sp³-hybridized carbons (Fsp3) is 0.800. The van der Waals surface area contributed by atoms with E-state index in [9.17, 15) is 4.79 Å². The Hall–Kier alpha value is 0.373. The second kappa shape index (κ2) is 7.61. The van der Waals surface area contributed by atoms with Crippen LogP contribution in [0.3, 0.4) is 0 Å². The zero-order chi connectivity index (χ0) is 11.9.